The maximum Gasteiger partial charge on any atom is 0.274 e. The van der Waals surface area contributed by atoms with Crippen LogP contribution in [-0.2, 0) is 6.54 Å². The Kier molecular flexibility index (Phi) is 5.50. The molecule has 0 bridgehead atoms. The lowest BCUT2D eigenvalue weighted by Crippen LogP contribution is -2.13. The van der Waals surface area contributed by atoms with Crippen LogP contribution in [0.3, 0.4) is 0 Å². The lowest BCUT2D eigenvalue weighted by atomic mass is 10.2. The molecule has 0 spiro atoms. The summed E-state index contributed by atoms with van der Waals surface area (Å²) in [5.74, 6) is 0.159. The number of hydrogen-bond acceptors (Lipinski definition) is 6. The topological polar surface area (TPSA) is 103 Å². The second kappa shape index (κ2) is 8.17. The summed E-state index contributed by atoms with van der Waals surface area (Å²) in [6.45, 7) is 2.81. The maximum atomic E-state index is 12.3. The van der Waals surface area contributed by atoms with Gasteiger partial charge in [0.15, 0.2) is 0 Å². The summed E-state index contributed by atoms with van der Waals surface area (Å²) in [5, 5.41) is 2.81. The van der Waals surface area contributed by atoms with Crippen LogP contribution in [0.5, 0.6) is 5.88 Å². The van der Waals surface area contributed by atoms with Gasteiger partial charge >= 0.3 is 0 Å². The van der Waals surface area contributed by atoms with Gasteiger partial charge in [-0.1, -0.05) is 12.1 Å². The van der Waals surface area contributed by atoms with E-state index in [4.69, 9.17) is 10.5 Å². The molecule has 0 unspecified atom stereocenters. The van der Waals surface area contributed by atoms with Crippen molar-refractivity contribution in [3.8, 4) is 17.1 Å². The summed E-state index contributed by atoms with van der Waals surface area (Å²) in [7, 11) is 0. The number of amides is 1. The molecule has 26 heavy (non-hydrogen) atoms. The van der Waals surface area contributed by atoms with Crippen molar-refractivity contribution >= 4 is 11.6 Å². The van der Waals surface area contributed by atoms with Crippen LogP contribution in [0.1, 0.15) is 23.0 Å². The van der Waals surface area contributed by atoms with Crippen LogP contribution in [-0.4, -0.2) is 27.5 Å². The molecule has 0 fully saturated rings. The van der Waals surface area contributed by atoms with E-state index in [1.54, 1.807) is 36.8 Å². The van der Waals surface area contributed by atoms with Gasteiger partial charge < -0.3 is 15.8 Å². The zero-order chi connectivity index (χ0) is 18.4. The van der Waals surface area contributed by atoms with Crippen LogP contribution in [0, 0.1) is 0 Å². The Balaban J connectivity index is 1.74. The van der Waals surface area contributed by atoms with E-state index in [1.807, 2.05) is 25.1 Å². The Morgan fingerprint density at radius 2 is 2.08 bits per heavy atom. The van der Waals surface area contributed by atoms with Crippen LogP contribution in [0.25, 0.3) is 11.3 Å². The molecule has 0 radical (unpaired) electrons. The molecule has 0 aliphatic carbocycles. The third kappa shape index (κ3) is 4.20. The minimum absolute atomic E-state index is 0.292. The molecule has 132 valence electrons. The van der Waals surface area contributed by atoms with Gasteiger partial charge in [-0.25, -0.2) is 4.98 Å². The Labute approximate surface area is 151 Å². The summed E-state index contributed by atoms with van der Waals surface area (Å²) < 4.78 is 5.35. The summed E-state index contributed by atoms with van der Waals surface area (Å²) in [6, 6.07) is 10.8. The molecule has 0 aliphatic rings. The first-order valence-corrected chi connectivity index (χ1v) is 8.21. The third-order valence-electron chi connectivity index (χ3n) is 3.62. The van der Waals surface area contributed by atoms with E-state index in [-0.39, 0.29) is 5.91 Å². The minimum atomic E-state index is -0.292. The van der Waals surface area contributed by atoms with Crippen LogP contribution in [0.4, 0.5) is 5.69 Å². The molecule has 7 nitrogen and oxygen atoms in total. The molecule has 0 atom stereocenters. The number of nitrogens with two attached hydrogens (primary N) is 1. The van der Waals surface area contributed by atoms with Crippen molar-refractivity contribution in [2.24, 2.45) is 5.73 Å². The molecule has 7 heteroatoms. The van der Waals surface area contributed by atoms with E-state index in [9.17, 15) is 4.79 Å². The van der Waals surface area contributed by atoms with Crippen molar-refractivity contribution in [1.29, 1.82) is 0 Å². The molecule has 0 saturated carbocycles. The second-order valence-corrected chi connectivity index (χ2v) is 5.47. The average Bonchev–Trinajstić information content (AvgIpc) is 2.69. The third-order valence-corrected chi connectivity index (χ3v) is 3.62. The Bertz CT molecular complexity index is 896. The number of pyridine rings is 1. The predicted molar refractivity (Wildman–Crippen MR) is 98.7 cm³/mol. The van der Waals surface area contributed by atoms with Gasteiger partial charge in [-0.2, -0.15) is 0 Å². The monoisotopic (exact) mass is 349 g/mol. The van der Waals surface area contributed by atoms with Gasteiger partial charge in [0, 0.05) is 24.0 Å². The summed E-state index contributed by atoms with van der Waals surface area (Å²) in [5.41, 5.74) is 8.93. The lowest BCUT2D eigenvalue weighted by molar-refractivity contribution is 0.102. The number of nitrogens with one attached hydrogen (secondary N) is 1. The second-order valence-electron chi connectivity index (χ2n) is 5.47. The average molecular weight is 349 g/mol. The van der Waals surface area contributed by atoms with Crippen molar-refractivity contribution in [3.63, 3.8) is 0 Å². The van der Waals surface area contributed by atoms with Crippen molar-refractivity contribution in [3.05, 3.63) is 66.2 Å². The number of ether oxygens (including phenoxy) is 1. The maximum absolute atomic E-state index is 12.3. The molecule has 3 rings (SSSR count). The number of aromatic nitrogens is 3. The number of anilines is 1. The first-order chi connectivity index (χ1) is 12.7. The zero-order valence-electron chi connectivity index (χ0n) is 14.3. The SMILES string of the molecule is CCOc1cncc(-c2ccc(C(=O)Nc3cccc(CN)c3)nc2)n1. The molecule has 1 aromatic carbocycles. The van der Waals surface area contributed by atoms with Gasteiger partial charge in [0.1, 0.15) is 5.69 Å². The van der Waals surface area contributed by atoms with Crippen LogP contribution < -0.4 is 15.8 Å². The molecule has 0 aliphatic heterocycles. The molecular weight excluding hydrogens is 330 g/mol. The largest absolute Gasteiger partial charge is 0.477 e. The van der Waals surface area contributed by atoms with Gasteiger partial charge in [0.25, 0.3) is 5.91 Å². The van der Waals surface area contributed by atoms with E-state index in [2.05, 4.69) is 20.3 Å². The number of hydrogen-bond donors (Lipinski definition) is 2. The number of rotatable bonds is 6. The fourth-order valence-electron chi connectivity index (χ4n) is 2.36. The highest BCUT2D eigenvalue weighted by Crippen LogP contribution is 2.18. The number of benzene rings is 1. The van der Waals surface area contributed by atoms with E-state index in [0.29, 0.717) is 36.1 Å². The first kappa shape index (κ1) is 17.5. The molecule has 3 N–H and O–H groups in total. The van der Waals surface area contributed by atoms with Crippen molar-refractivity contribution in [2.75, 3.05) is 11.9 Å². The molecule has 2 heterocycles. The molecule has 3 aromatic rings. The lowest BCUT2D eigenvalue weighted by Gasteiger charge is -2.07. The van der Waals surface area contributed by atoms with E-state index >= 15 is 0 Å². The Morgan fingerprint density at radius 1 is 1.19 bits per heavy atom. The molecule has 0 saturated heterocycles. The smallest absolute Gasteiger partial charge is 0.274 e. The van der Waals surface area contributed by atoms with Gasteiger partial charge in [0.05, 0.1) is 24.7 Å². The molecule has 1 amide bonds. The van der Waals surface area contributed by atoms with Crippen LogP contribution in [0.15, 0.2) is 55.0 Å². The number of nitrogens with zero attached hydrogens (tertiary/aromatic N) is 3. The highest BCUT2D eigenvalue weighted by Gasteiger charge is 2.10. The standard InChI is InChI=1S/C19H19N5O2/c1-2-26-18-12-21-11-17(24-18)14-6-7-16(22-10-14)19(25)23-15-5-3-4-13(8-15)9-20/h3-8,10-12H,2,9,20H2,1H3,(H,23,25). The number of carbonyl (C=O) groups excluding carboxylic acids is 1. The highest BCUT2D eigenvalue weighted by molar-refractivity contribution is 6.03. The van der Waals surface area contributed by atoms with Crippen molar-refractivity contribution in [1.82, 2.24) is 15.0 Å². The van der Waals surface area contributed by atoms with E-state index in [0.717, 1.165) is 11.1 Å². The molecule has 2 aromatic heterocycles. The summed E-state index contributed by atoms with van der Waals surface area (Å²) in [4.78, 5) is 25.0. The van der Waals surface area contributed by atoms with E-state index in [1.165, 1.54) is 0 Å². The van der Waals surface area contributed by atoms with Gasteiger partial charge in [-0.3, -0.25) is 14.8 Å². The summed E-state index contributed by atoms with van der Waals surface area (Å²) >= 11 is 0. The minimum Gasteiger partial charge on any atom is -0.477 e. The van der Waals surface area contributed by atoms with Crippen molar-refractivity contribution < 1.29 is 9.53 Å². The predicted octanol–water partition coefficient (Wildman–Crippen LogP) is 2.65. The fourth-order valence-corrected chi connectivity index (χ4v) is 2.36. The Hall–Kier alpha value is -3.32. The van der Waals surface area contributed by atoms with Crippen LogP contribution in [0.2, 0.25) is 0 Å². The first-order valence-electron chi connectivity index (χ1n) is 8.21. The zero-order valence-corrected chi connectivity index (χ0v) is 14.3. The highest BCUT2D eigenvalue weighted by atomic mass is 16.5. The normalized spacial score (nSPS) is 10.4. The van der Waals surface area contributed by atoms with Gasteiger partial charge in [-0.15, -0.1) is 0 Å². The molecular formula is C19H19N5O2. The van der Waals surface area contributed by atoms with Crippen LogP contribution >= 0.6 is 0 Å². The summed E-state index contributed by atoms with van der Waals surface area (Å²) in [6.07, 6.45) is 4.76. The Morgan fingerprint density at radius 3 is 2.81 bits per heavy atom. The fraction of sp³-hybridized carbons (Fsp3) is 0.158. The van der Waals surface area contributed by atoms with Gasteiger partial charge in [0.2, 0.25) is 5.88 Å². The van der Waals surface area contributed by atoms with E-state index < -0.39 is 0 Å². The van der Waals surface area contributed by atoms with Crippen molar-refractivity contribution in [2.45, 2.75) is 13.5 Å². The quantitative estimate of drug-likeness (QED) is 0.709. The number of carbonyl (C=O) groups is 1. The van der Waals surface area contributed by atoms with Gasteiger partial charge in [-0.05, 0) is 36.8 Å².